The predicted octanol–water partition coefficient (Wildman–Crippen LogP) is 1.75. The van der Waals surface area contributed by atoms with Crippen LogP contribution in [0.2, 0.25) is 0 Å². The SMILES string of the molecule is CCCOC(=O)c1c(C#CCCO)c(OC)c(OC)c(OC)c1C#CCCO. The minimum Gasteiger partial charge on any atom is -0.491 e. The van der Waals surface area contributed by atoms with Crippen LogP contribution < -0.4 is 14.2 Å². The molecule has 0 aliphatic heterocycles. The van der Waals surface area contributed by atoms with E-state index in [4.69, 9.17) is 29.2 Å². The Morgan fingerprint density at radius 3 is 1.68 bits per heavy atom. The molecule has 2 N–H and O–H groups in total. The van der Waals surface area contributed by atoms with Gasteiger partial charge in [0.15, 0.2) is 11.5 Å². The number of aliphatic hydroxyl groups is 2. The molecule has 0 saturated carbocycles. The topological polar surface area (TPSA) is 94.5 Å². The van der Waals surface area contributed by atoms with Crippen molar-refractivity contribution in [2.45, 2.75) is 26.2 Å². The van der Waals surface area contributed by atoms with Gasteiger partial charge in [0.05, 0.1) is 57.8 Å². The average Bonchev–Trinajstić information content (AvgIpc) is 2.71. The molecule has 0 amide bonds. The number of aliphatic hydroxyl groups excluding tert-OH is 2. The molecule has 0 spiro atoms. The molecule has 1 aromatic carbocycles. The third-order valence-electron chi connectivity index (χ3n) is 3.52. The second kappa shape index (κ2) is 12.5. The normalized spacial score (nSPS) is 9.50. The minimum absolute atomic E-state index is 0.0961. The molecule has 7 heteroatoms. The summed E-state index contributed by atoms with van der Waals surface area (Å²) in [6.07, 6.45) is 1.08. The van der Waals surface area contributed by atoms with Gasteiger partial charge in [-0.05, 0) is 6.42 Å². The van der Waals surface area contributed by atoms with E-state index in [9.17, 15) is 4.79 Å². The lowest BCUT2D eigenvalue weighted by atomic mass is 9.97. The molecule has 28 heavy (non-hydrogen) atoms. The first-order valence-electron chi connectivity index (χ1n) is 8.83. The van der Waals surface area contributed by atoms with Gasteiger partial charge >= 0.3 is 5.97 Å². The number of hydrogen-bond acceptors (Lipinski definition) is 7. The van der Waals surface area contributed by atoms with E-state index >= 15 is 0 Å². The van der Waals surface area contributed by atoms with E-state index in [2.05, 4.69) is 23.7 Å². The Morgan fingerprint density at radius 1 is 0.857 bits per heavy atom. The lowest BCUT2D eigenvalue weighted by Crippen LogP contribution is -2.13. The van der Waals surface area contributed by atoms with Gasteiger partial charge in [-0.1, -0.05) is 30.6 Å². The van der Waals surface area contributed by atoms with Gasteiger partial charge in [-0.25, -0.2) is 4.79 Å². The lowest BCUT2D eigenvalue weighted by Gasteiger charge is -2.19. The summed E-state index contributed by atoms with van der Waals surface area (Å²) in [7, 11) is 4.28. The Morgan fingerprint density at radius 2 is 1.32 bits per heavy atom. The zero-order chi connectivity index (χ0) is 20.9. The van der Waals surface area contributed by atoms with Crippen LogP contribution in [0.4, 0.5) is 0 Å². The summed E-state index contributed by atoms with van der Waals surface area (Å²) in [5.41, 5.74) is 0.574. The molecule has 0 atom stereocenters. The summed E-state index contributed by atoms with van der Waals surface area (Å²) in [6.45, 7) is 1.86. The van der Waals surface area contributed by atoms with Crippen molar-refractivity contribution in [1.29, 1.82) is 0 Å². The van der Waals surface area contributed by atoms with Crippen molar-refractivity contribution >= 4 is 5.97 Å². The fraction of sp³-hybridized carbons (Fsp3) is 0.476. The fourth-order valence-corrected chi connectivity index (χ4v) is 2.38. The fourth-order valence-electron chi connectivity index (χ4n) is 2.38. The van der Waals surface area contributed by atoms with Gasteiger partial charge in [0.1, 0.15) is 0 Å². The van der Waals surface area contributed by atoms with E-state index in [0.717, 1.165) is 0 Å². The smallest absolute Gasteiger partial charge is 0.340 e. The molecule has 0 heterocycles. The predicted molar refractivity (Wildman–Crippen MR) is 104 cm³/mol. The second-order valence-electron chi connectivity index (χ2n) is 5.41. The maximum Gasteiger partial charge on any atom is 0.340 e. The zero-order valence-electron chi connectivity index (χ0n) is 16.7. The first-order valence-corrected chi connectivity index (χ1v) is 8.83. The van der Waals surface area contributed by atoms with Crippen molar-refractivity contribution < 1.29 is 34.0 Å². The Hall–Kier alpha value is -2.87. The molecule has 7 nitrogen and oxygen atoms in total. The Labute approximate surface area is 165 Å². The molecule has 0 aromatic heterocycles. The van der Waals surface area contributed by atoms with E-state index < -0.39 is 5.97 Å². The van der Waals surface area contributed by atoms with Gasteiger partial charge in [-0.2, -0.15) is 0 Å². The van der Waals surface area contributed by atoms with Crippen molar-refractivity contribution in [1.82, 2.24) is 0 Å². The summed E-state index contributed by atoms with van der Waals surface area (Å²) in [4.78, 5) is 12.8. The number of rotatable bonds is 8. The van der Waals surface area contributed by atoms with Crippen LogP contribution in [0, 0.1) is 23.7 Å². The van der Waals surface area contributed by atoms with E-state index in [1.165, 1.54) is 21.3 Å². The van der Waals surface area contributed by atoms with Gasteiger partial charge in [0.2, 0.25) is 5.75 Å². The first-order chi connectivity index (χ1) is 13.6. The van der Waals surface area contributed by atoms with Crippen LogP contribution in [-0.4, -0.2) is 57.3 Å². The molecule has 1 aromatic rings. The maximum atomic E-state index is 12.8. The molecule has 0 aliphatic rings. The van der Waals surface area contributed by atoms with Crippen molar-refractivity contribution in [3.05, 3.63) is 16.7 Å². The number of hydrogen-bond donors (Lipinski definition) is 2. The summed E-state index contributed by atoms with van der Waals surface area (Å²) >= 11 is 0. The van der Waals surface area contributed by atoms with E-state index in [1.54, 1.807) is 0 Å². The third-order valence-corrected chi connectivity index (χ3v) is 3.52. The van der Waals surface area contributed by atoms with Crippen molar-refractivity contribution in [3.8, 4) is 40.9 Å². The van der Waals surface area contributed by atoms with Gasteiger partial charge < -0.3 is 29.2 Å². The Balaban J connectivity index is 3.92. The largest absolute Gasteiger partial charge is 0.491 e. The van der Waals surface area contributed by atoms with Crippen molar-refractivity contribution in [3.63, 3.8) is 0 Å². The van der Waals surface area contributed by atoms with E-state index in [0.29, 0.717) is 6.42 Å². The zero-order valence-corrected chi connectivity index (χ0v) is 16.7. The second-order valence-corrected chi connectivity index (χ2v) is 5.41. The molecular formula is C21H26O7. The monoisotopic (exact) mass is 390 g/mol. The van der Waals surface area contributed by atoms with Crippen LogP contribution in [0.1, 0.15) is 47.7 Å². The van der Waals surface area contributed by atoms with Gasteiger partial charge in [-0.3, -0.25) is 0 Å². The number of methoxy groups -OCH3 is 3. The Bertz CT molecular complexity index is 738. The molecule has 0 radical (unpaired) electrons. The molecule has 0 fully saturated rings. The van der Waals surface area contributed by atoms with Gasteiger partial charge in [-0.15, -0.1) is 0 Å². The van der Waals surface area contributed by atoms with E-state index in [-0.39, 0.29) is 66.6 Å². The molecule has 0 unspecified atom stereocenters. The Kier molecular flexibility index (Phi) is 10.3. The van der Waals surface area contributed by atoms with Crippen LogP contribution >= 0.6 is 0 Å². The number of carbonyl (C=O) groups excluding carboxylic acids is 1. The lowest BCUT2D eigenvalue weighted by molar-refractivity contribution is 0.0503. The molecule has 0 saturated heterocycles. The summed E-state index contributed by atoms with van der Waals surface area (Å²) in [5, 5.41) is 18.1. The van der Waals surface area contributed by atoms with Crippen LogP contribution in [0.3, 0.4) is 0 Å². The van der Waals surface area contributed by atoms with Crippen LogP contribution in [0.5, 0.6) is 17.2 Å². The average molecular weight is 390 g/mol. The molecular weight excluding hydrogens is 364 g/mol. The maximum absolute atomic E-state index is 12.8. The minimum atomic E-state index is -0.622. The summed E-state index contributed by atoms with van der Waals surface area (Å²) in [6, 6.07) is 0. The van der Waals surface area contributed by atoms with Crippen LogP contribution in [-0.2, 0) is 4.74 Å². The number of benzene rings is 1. The molecule has 152 valence electrons. The first kappa shape index (κ1) is 23.2. The molecule has 0 aliphatic carbocycles. The van der Waals surface area contributed by atoms with Crippen LogP contribution in [0.25, 0.3) is 0 Å². The number of carbonyl (C=O) groups is 1. The highest BCUT2D eigenvalue weighted by atomic mass is 16.5. The van der Waals surface area contributed by atoms with E-state index in [1.807, 2.05) is 6.92 Å². The van der Waals surface area contributed by atoms with Crippen LogP contribution in [0.15, 0.2) is 0 Å². The van der Waals surface area contributed by atoms with Gasteiger partial charge in [0, 0.05) is 12.8 Å². The quantitative estimate of drug-likeness (QED) is 0.516. The van der Waals surface area contributed by atoms with Crippen molar-refractivity contribution in [2.24, 2.45) is 0 Å². The highest BCUT2D eigenvalue weighted by Crippen LogP contribution is 2.45. The highest BCUT2D eigenvalue weighted by Gasteiger charge is 2.29. The van der Waals surface area contributed by atoms with Gasteiger partial charge in [0.25, 0.3) is 0 Å². The molecule has 1 rings (SSSR count). The summed E-state index contributed by atoms with van der Waals surface area (Å²) < 4.78 is 21.7. The number of ether oxygens (including phenoxy) is 4. The highest BCUT2D eigenvalue weighted by molar-refractivity contribution is 5.98. The standard InChI is InChI=1S/C21H26O7/c1-5-14-28-21(24)17-15(10-6-8-12-22)18(25-2)20(27-4)19(26-3)16(17)11-7-9-13-23/h22-23H,5,8-9,12-14H2,1-4H3. The third kappa shape index (κ3) is 5.56. The number of esters is 1. The molecule has 0 bridgehead atoms. The van der Waals surface area contributed by atoms with Crippen molar-refractivity contribution in [2.75, 3.05) is 41.2 Å². The summed E-state index contributed by atoms with van der Waals surface area (Å²) in [5.74, 6) is 11.3.